The van der Waals surface area contributed by atoms with Crippen molar-refractivity contribution in [2.24, 2.45) is 5.92 Å². The van der Waals surface area contributed by atoms with Gasteiger partial charge in [-0.1, -0.05) is 38.3 Å². The van der Waals surface area contributed by atoms with Crippen LogP contribution in [0.25, 0.3) is 0 Å². The van der Waals surface area contributed by atoms with E-state index in [9.17, 15) is 0 Å². The molecule has 0 aromatic rings. The second-order valence-corrected chi connectivity index (χ2v) is 22.1. The van der Waals surface area contributed by atoms with Crippen molar-refractivity contribution in [1.29, 1.82) is 0 Å². The summed E-state index contributed by atoms with van der Waals surface area (Å²) < 4.78 is 18.3. The van der Waals surface area contributed by atoms with Gasteiger partial charge < -0.3 is 13.8 Å². The summed E-state index contributed by atoms with van der Waals surface area (Å²) in [4.78, 5) is 0. The molecule has 1 fully saturated rings. The molecule has 1 aliphatic rings. The highest BCUT2D eigenvalue weighted by Gasteiger charge is 2.37. The lowest BCUT2D eigenvalue weighted by Crippen LogP contribution is -2.32. The molecule has 21 heavy (non-hydrogen) atoms. The monoisotopic (exact) mass is 442 g/mol. The van der Waals surface area contributed by atoms with Gasteiger partial charge in [-0.05, 0) is 33.8 Å². The lowest BCUT2D eigenvalue weighted by Gasteiger charge is -2.27. The maximum Gasteiger partial charge on any atom is 0.113 e. The van der Waals surface area contributed by atoms with Crippen molar-refractivity contribution in [2.45, 2.75) is 38.6 Å². The van der Waals surface area contributed by atoms with E-state index < -0.39 is 15.1 Å². The van der Waals surface area contributed by atoms with Crippen LogP contribution in [0.4, 0.5) is 0 Å². The van der Waals surface area contributed by atoms with Crippen molar-refractivity contribution in [3.05, 3.63) is 12.2 Å². The fourth-order valence-corrected chi connectivity index (χ4v) is 6.04. The Morgan fingerprint density at radius 1 is 1.33 bits per heavy atom. The fraction of sp³-hybridized carbons (Fsp3) is 0.800. The zero-order valence-corrected chi connectivity index (χ0v) is 20.8. The molecule has 11 atom stereocenters. The molecule has 0 aromatic carbocycles. The van der Waals surface area contributed by atoms with Gasteiger partial charge in [-0.25, -0.2) is 0 Å². The Balaban J connectivity index is 2.65. The molecule has 1 saturated heterocycles. The highest BCUT2D eigenvalue weighted by atomic mass is 32.6. The molecule has 0 amide bonds. The average molecular weight is 442 g/mol. The van der Waals surface area contributed by atoms with Crippen LogP contribution in [-0.2, 0) is 13.8 Å². The van der Waals surface area contributed by atoms with E-state index in [2.05, 4.69) is 56.1 Å². The Morgan fingerprint density at radius 3 is 2.43 bits per heavy atom. The van der Waals surface area contributed by atoms with Gasteiger partial charge in [-0.2, -0.15) is 0 Å². The highest BCUT2D eigenvalue weighted by Crippen LogP contribution is 2.69. The summed E-state index contributed by atoms with van der Waals surface area (Å²) in [5.74, 6) is 0.456. The van der Waals surface area contributed by atoms with Gasteiger partial charge in [-0.3, -0.25) is 0 Å². The predicted molar refractivity (Wildman–Crippen MR) is 117 cm³/mol. The molecule has 1 rings (SSSR count). The standard InChI is InChI=1S/C10H26O3P8/c1-6(2)10-7(3)4-8(12-10)9(13-21(17)19-15)5-11-20(16)18-14/h6,8-10,18-19H,3-5,14-17H2,1-2H3/t8-,9?,10+,20?,21?/m1/s1. The van der Waals surface area contributed by atoms with Crippen LogP contribution >= 0.6 is 66.7 Å². The topological polar surface area (TPSA) is 27.7 Å². The number of ether oxygens (including phenoxy) is 1. The van der Waals surface area contributed by atoms with Gasteiger partial charge in [0, 0.05) is 0 Å². The summed E-state index contributed by atoms with van der Waals surface area (Å²) in [6.45, 7) is 9.12. The Morgan fingerprint density at radius 2 is 1.95 bits per heavy atom. The molecule has 1 heterocycles. The van der Waals surface area contributed by atoms with Gasteiger partial charge in [0.05, 0.1) is 33.9 Å². The molecule has 0 spiro atoms. The maximum atomic E-state index is 6.20. The molecular weight excluding hydrogens is 416 g/mol. The Hall–Kier alpha value is 3.06. The van der Waals surface area contributed by atoms with Crippen LogP contribution in [0.15, 0.2) is 12.2 Å². The van der Waals surface area contributed by atoms with E-state index in [1.165, 1.54) is 5.57 Å². The molecular formula is C10H26O3P8. The third-order valence-corrected chi connectivity index (χ3v) is 20.2. The van der Waals surface area contributed by atoms with E-state index in [1.54, 1.807) is 0 Å². The van der Waals surface area contributed by atoms with Crippen LogP contribution in [0.1, 0.15) is 20.3 Å². The van der Waals surface area contributed by atoms with Crippen LogP contribution in [-0.4, -0.2) is 24.9 Å². The summed E-state index contributed by atoms with van der Waals surface area (Å²) >= 11 is 0. The fourth-order valence-electron chi connectivity index (χ4n) is 2.13. The molecule has 11 heteroatoms. The molecule has 0 aliphatic carbocycles. The van der Waals surface area contributed by atoms with Crippen LogP contribution in [0.5, 0.6) is 0 Å². The maximum absolute atomic E-state index is 6.20. The molecule has 0 N–H and O–H groups in total. The van der Waals surface area contributed by atoms with Crippen molar-refractivity contribution >= 4 is 66.7 Å². The number of hydrogen-bond donors (Lipinski definition) is 0. The first kappa shape index (κ1) is 22.1. The van der Waals surface area contributed by atoms with Crippen molar-refractivity contribution in [2.75, 3.05) is 6.61 Å². The summed E-state index contributed by atoms with van der Waals surface area (Å²) in [5.41, 5.74) is 1.19. The van der Waals surface area contributed by atoms with E-state index in [4.69, 9.17) is 13.8 Å². The smallest absolute Gasteiger partial charge is 0.113 e. The molecule has 3 nitrogen and oxygen atoms in total. The van der Waals surface area contributed by atoms with Gasteiger partial charge in [0.15, 0.2) is 0 Å². The van der Waals surface area contributed by atoms with E-state index >= 15 is 0 Å². The Labute approximate surface area is 143 Å². The Bertz CT molecular complexity index is 331. The summed E-state index contributed by atoms with van der Waals surface area (Å²) in [6, 6.07) is 0. The van der Waals surface area contributed by atoms with Crippen LogP contribution in [0.2, 0.25) is 0 Å². The Kier molecular flexibility index (Phi) is 12.2. The quantitative estimate of drug-likeness (QED) is 0.329. The first-order chi connectivity index (χ1) is 9.88. The minimum atomic E-state index is -0.498. The molecule has 1 aliphatic heterocycles. The molecule has 0 saturated carbocycles. The average Bonchev–Trinajstić information content (AvgIpc) is 2.84. The third-order valence-electron chi connectivity index (χ3n) is 3.09. The van der Waals surface area contributed by atoms with E-state index in [-0.39, 0.29) is 18.3 Å². The van der Waals surface area contributed by atoms with Crippen molar-refractivity contribution < 1.29 is 13.8 Å². The number of hydrogen-bond acceptors (Lipinski definition) is 3. The summed E-state index contributed by atoms with van der Waals surface area (Å²) in [5, 5.41) is 0. The van der Waals surface area contributed by atoms with Gasteiger partial charge >= 0.3 is 0 Å². The second kappa shape index (κ2) is 11.6. The van der Waals surface area contributed by atoms with Crippen LogP contribution < -0.4 is 0 Å². The summed E-state index contributed by atoms with van der Waals surface area (Å²) in [6.07, 6.45) is 1.09. The molecule has 0 bridgehead atoms. The van der Waals surface area contributed by atoms with Crippen molar-refractivity contribution in [3.63, 3.8) is 0 Å². The number of rotatable bonds is 9. The lowest BCUT2D eigenvalue weighted by molar-refractivity contribution is -0.0408. The zero-order chi connectivity index (χ0) is 16.0. The SMILES string of the molecule is C=C1C[C@H](C(COP(P)PP)OP(P)PP)O[C@H]1C(C)C. The largest absolute Gasteiger partial charge is 0.367 e. The predicted octanol–water partition coefficient (Wildman–Crippen LogP) is 5.90. The zero-order valence-electron chi connectivity index (χ0n) is 12.4. The van der Waals surface area contributed by atoms with E-state index in [1.807, 2.05) is 0 Å². The van der Waals surface area contributed by atoms with Gasteiger partial charge in [0.2, 0.25) is 0 Å². The first-order valence-electron chi connectivity index (χ1n) is 6.54. The molecule has 9 unspecified atom stereocenters. The first-order valence-corrected chi connectivity index (χ1v) is 19.6. The lowest BCUT2D eigenvalue weighted by atomic mass is 9.99. The normalized spacial score (nSPS) is 28.2. The minimum absolute atomic E-state index is 0.00550. The van der Waals surface area contributed by atoms with Gasteiger partial charge in [0.1, 0.15) is 6.10 Å². The summed E-state index contributed by atoms with van der Waals surface area (Å²) in [7, 11) is 11.6. The highest BCUT2D eigenvalue weighted by molar-refractivity contribution is 8.60. The third kappa shape index (κ3) is 7.87. The molecule has 0 aromatic heterocycles. The minimum Gasteiger partial charge on any atom is -0.367 e. The van der Waals surface area contributed by atoms with Gasteiger partial charge in [-0.15, -0.1) is 17.9 Å². The van der Waals surface area contributed by atoms with Crippen molar-refractivity contribution in [3.8, 4) is 0 Å². The molecule has 0 radical (unpaired) electrons. The van der Waals surface area contributed by atoms with Crippen LogP contribution in [0.3, 0.4) is 0 Å². The van der Waals surface area contributed by atoms with E-state index in [0.717, 1.165) is 14.4 Å². The van der Waals surface area contributed by atoms with Crippen LogP contribution in [0, 0.1) is 5.92 Å². The molecule has 124 valence electrons. The van der Waals surface area contributed by atoms with E-state index in [0.29, 0.717) is 20.5 Å². The second-order valence-electron chi connectivity index (χ2n) is 5.05. The van der Waals surface area contributed by atoms with Crippen molar-refractivity contribution in [1.82, 2.24) is 0 Å². The van der Waals surface area contributed by atoms with Gasteiger partial charge in [0.25, 0.3) is 0 Å².